The Labute approximate surface area is 111 Å². The highest BCUT2D eigenvalue weighted by Gasteiger charge is 2.37. The van der Waals surface area contributed by atoms with Gasteiger partial charge in [-0.2, -0.15) is 0 Å². The maximum absolute atomic E-state index is 12.1. The van der Waals surface area contributed by atoms with Crippen molar-refractivity contribution in [3.8, 4) is 11.8 Å². The predicted molar refractivity (Wildman–Crippen MR) is 74.1 cm³/mol. The lowest BCUT2D eigenvalue weighted by Crippen LogP contribution is -2.36. The van der Waals surface area contributed by atoms with Gasteiger partial charge in [-0.25, -0.2) is 0 Å². The van der Waals surface area contributed by atoms with Crippen LogP contribution in [-0.4, -0.2) is 17.9 Å². The van der Waals surface area contributed by atoms with Gasteiger partial charge in [0.05, 0.1) is 12.5 Å². The lowest BCUT2D eigenvalue weighted by atomic mass is 9.84. The Balaban J connectivity index is 1.85. The van der Waals surface area contributed by atoms with Gasteiger partial charge in [-0.15, -0.1) is 0 Å². The van der Waals surface area contributed by atoms with Crippen LogP contribution >= 0.6 is 0 Å². The Morgan fingerprint density at radius 1 is 1.28 bits per heavy atom. The van der Waals surface area contributed by atoms with Gasteiger partial charge in [0.15, 0.2) is 5.78 Å². The van der Waals surface area contributed by atoms with Crippen LogP contribution in [0.5, 0.6) is 0 Å². The molecule has 0 aromatic carbocycles. The first-order valence-electron chi connectivity index (χ1n) is 7.24. The summed E-state index contributed by atoms with van der Waals surface area (Å²) in [6, 6.07) is 0.677. The zero-order valence-corrected chi connectivity index (χ0v) is 11.9. The van der Waals surface area contributed by atoms with E-state index < -0.39 is 0 Å². The van der Waals surface area contributed by atoms with Crippen LogP contribution in [0.4, 0.5) is 0 Å². The van der Waals surface area contributed by atoms with Gasteiger partial charge in [0.1, 0.15) is 0 Å². The van der Waals surface area contributed by atoms with E-state index >= 15 is 0 Å². The number of carbonyl (C=O) groups excluding carboxylic acids is 1. The molecule has 3 unspecified atom stereocenters. The van der Waals surface area contributed by atoms with Crippen molar-refractivity contribution in [2.45, 2.75) is 71.4 Å². The normalized spacial score (nSPS) is 31.4. The van der Waals surface area contributed by atoms with E-state index in [1.165, 1.54) is 25.7 Å². The summed E-state index contributed by atoms with van der Waals surface area (Å²) in [5, 5.41) is 3.52. The Bertz CT molecular complexity index is 355. The van der Waals surface area contributed by atoms with Crippen LogP contribution < -0.4 is 5.32 Å². The maximum atomic E-state index is 12.1. The second-order valence-corrected chi connectivity index (χ2v) is 6.80. The molecule has 2 heteroatoms. The Hall–Kier alpha value is -0.810. The monoisotopic (exact) mass is 247 g/mol. The summed E-state index contributed by atoms with van der Waals surface area (Å²) in [6.07, 6.45) is 6.67. The lowest BCUT2D eigenvalue weighted by Gasteiger charge is -2.24. The van der Waals surface area contributed by atoms with Crippen LogP contribution in [0.15, 0.2) is 0 Å². The standard InChI is InChI=1S/C16H25NO/c1-16(2,3)10-6-9-15(18)14-11-12-7-4-5-8-13(12)17-14/h12-14,17H,4-5,7-9,11H2,1-3H3. The minimum atomic E-state index is -0.00261. The fraction of sp³-hybridized carbons (Fsp3) is 0.812. The molecule has 1 N–H and O–H groups in total. The largest absolute Gasteiger partial charge is 0.304 e. The predicted octanol–water partition coefficient (Wildman–Crippen LogP) is 2.92. The molecule has 2 rings (SSSR count). The SMILES string of the molecule is CC(C)(C)C#CCC(=O)C1CC2CCCCC2N1. The van der Waals surface area contributed by atoms with E-state index in [1.54, 1.807) is 0 Å². The van der Waals surface area contributed by atoms with E-state index in [-0.39, 0.29) is 11.5 Å². The molecule has 0 aromatic heterocycles. The number of ketones is 1. The number of hydrogen-bond acceptors (Lipinski definition) is 2. The molecule has 18 heavy (non-hydrogen) atoms. The van der Waals surface area contributed by atoms with Gasteiger partial charge in [0.25, 0.3) is 0 Å². The van der Waals surface area contributed by atoms with Crippen molar-refractivity contribution in [2.75, 3.05) is 0 Å². The molecule has 3 atom stereocenters. The molecule has 1 heterocycles. The lowest BCUT2D eigenvalue weighted by molar-refractivity contribution is -0.119. The summed E-state index contributed by atoms with van der Waals surface area (Å²) >= 11 is 0. The summed E-state index contributed by atoms with van der Waals surface area (Å²) in [5.74, 6) is 7.22. The molecule has 0 aromatic rings. The van der Waals surface area contributed by atoms with Crippen molar-refractivity contribution in [3.63, 3.8) is 0 Å². The second kappa shape index (κ2) is 5.45. The first kappa shape index (κ1) is 13.6. The van der Waals surface area contributed by atoms with Crippen LogP contribution in [0.1, 0.15) is 59.3 Å². The molecule has 1 saturated carbocycles. The molecule has 2 fully saturated rings. The van der Waals surface area contributed by atoms with E-state index in [2.05, 4.69) is 37.9 Å². The third kappa shape index (κ3) is 3.59. The van der Waals surface area contributed by atoms with Crippen LogP contribution in [0, 0.1) is 23.2 Å². The van der Waals surface area contributed by atoms with Crippen molar-refractivity contribution in [2.24, 2.45) is 11.3 Å². The average Bonchev–Trinajstić information content (AvgIpc) is 2.70. The van der Waals surface area contributed by atoms with Crippen molar-refractivity contribution < 1.29 is 4.79 Å². The quantitative estimate of drug-likeness (QED) is 0.760. The molecule has 100 valence electrons. The van der Waals surface area contributed by atoms with Crippen molar-refractivity contribution in [3.05, 3.63) is 0 Å². The number of carbonyl (C=O) groups is 1. The number of fused-ring (bicyclic) bond motifs is 1. The molecule has 0 amide bonds. The molecule has 2 nitrogen and oxygen atoms in total. The van der Waals surface area contributed by atoms with E-state index in [1.807, 2.05) is 0 Å². The van der Waals surface area contributed by atoms with E-state index in [9.17, 15) is 4.79 Å². The topological polar surface area (TPSA) is 29.1 Å². The summed E-state index contributed by atoms with van der Waals surface area (Å²) in [5.41, 5.74) is -0.00261. The number of Topliss-reactive ketones (excluding diaryl/α,β-unsaturated/α-hetero) is 1. The van der Waals surface area contributed by atoms with E-state index in [0.717, 1.165) is 12.3 Å². The minimum absolute atomic E-state index is 0.00261. The van der Waals surface area contributed by atoms with Gasteiger partial charge in [0.2, 0.25) is 0 Å². The molecule has 1 saturated heterocycles. The Kier molecular flexibility index (Phi) is 4.12. The highest BCUT2D eigenvalue weighted by molar-refractivity contribution is 5.86. The Morgan fingerprint density at radius 2 is 2.00 bits per heavy atom. The summed E-state index contributed by atoms with van der Waals surface area (Å²) < 4.78 is 0. The smallest absolute Gasteiger partial charge is 0.161 e. The van der Waals surface area contributed by atoms with Gasteiger partial charge < -0.3 is 5.32 Å². The van der Waals surface area contributed by atoms with Gasteiger partial charge in [0, 0.05) is 11.5 Å². The maximum Gasteiger partial charge on any atom is 0.161 e. The molecule has 0 spiro atoms. The van der Waals surface area contributed by atoms with Crippen LogP contribution in [-0.2, 0) is 4.79 Å². The first-order valence-corrected chi connectivity index (χ1v) is 7.24. The van der Waals surface area contributed by atoms with Gasteiger partial charge >= 0.3 is 0 Å². The highest BCUT2D eigenvalue weighted by Crippen LogP contribution is 2.33. The van der Waals surface area contributed by atoms with E-state index in [0.29, 0.717) is 18.2 Å². The van der Waals surface area contributed by atoms with Gasteiger partial charge in [-0.3, -0.25) is 4.79 Å². The highest BCUT2D eigenvalue weighted by atomic mass is 16.1. The molecule has 1 aliphatic carbocycles. The zero-order valence-electron chi connectivity index (χ0n) is 11.9. The fourth-order valence-corrected chi connectivity index (χ4v) is 3.08. The molecule has 1 aliphatic heterocycles. The Morgan fingerprint density at radius 3 is 2.67 bits per heavy atom. The van der Waals surface area contributed by atoms with Crippen molar-refractivity contribution in [1.29, 1.82) is 0 Å². The molecule has 0 bridgehead atoms. The van der Waals surface area contributed by atoms with Gasteiger partial charge in [-0.1, -0.05) is 24.7 Å². The van der Waals surface area contributed by atoms with Crippen LogP contribution in [0.2, 0.25) is 0 Å². The second-order valence-electron chi connectivity index (χ2n) is 6.80. The summed E-state index contributed by atoms with van der Waals surface area (Å²) in [7, 11) is 0. The van der Waals surface area contributed by atoms with E-state index in [4.69, 9.17) is 0 Å². The molecular formula is C16H25NO. The zero-order chi connectivity index (χ0) is 13.2. The number of hydrogen-bond donors (Lipinski definition) is 1. The van der Waals surface area contributed by atoms with Crippen molar-refractivity contribution >= 4 is 5.78 Å². The summed E-state index contributed by atoms with van der Waals surface area (Å²) in [4.78, 5) is 12.1. The first-order chi connectivity index (χ1) is 8.46. The van der Waals surface area contributed by atoms with Crippen LogP contribution in [0.3, 0.4) is 0 Å². The summed E-state index contributed by atoms with van der Waals surface area (Å²) in [6.45, 7) is 6.23. The molecular weight excluding hydrogens is 222 g/mol. The van der Waals surface area contributed by atoms with Gasteiger partial charge in [-0.05, 0) is 46.0 Å². The third-order valence-electron chi connectivity index (χ3n) is 3.98. The third-order valence-corrected chi connectivity index (χ3v) is 3.98. The fourth-order valence-electron chi connectivity index (χ4n) is 3.08. The minimum Gasteiger partial charge on any atom is -0.304 e. The van der Waals surface area contributed by atoms with Crippen LogP contribution in [0.25, 0.3) is 0 Å². The molecule has 0 radical (unpaired) electrons. The number of rotatable bonds is 2. The van der Waals surface area contributed by atoms with Crippen molar-refractivity contribution in [1.82, 2.24) is 5.32 Å². The average molecular weight is 247 g/mol. The molecule has 2 aliphatic rings. The number of nitrogens with one attached hydrogen (secondary N) is 1.